The topological polar surface area (TPSA) is 73.3 Å². The molecule has 1 aliphatic carbocycles. The van der Waals surface area contributed by atoms with E-state index in [2.05, 4.69) is 10.1 Å². The van der Waals surface area contributed by atoms with Gasteiger partial charge in [0, 0.05) is 23.6 Å². The molecule has 2 aromatic heterocycles. The average molecular weight is 278 g/mol. The third-order valence-electron chi connectivity index (χ3n) is 3.41. The van der Waals surface area contributed by atoms with Gasteiger partial charge in [0.25, 0.3) is 6.43 Å². The van der Waals surface area contributed by atoms with Crippen LogP contribution in [0.4, 0.5) is 8.78 Å². The van der Waals surface area contributed by atoms with Crippen LogP contribution in [0, 0.1) is 6.92 Å². The average Bonchev–Trinajstić information content (AvgIpc) is 2.86. The number of allylic oxidation sites excluding steroid dienone is 1. The first-order valence-electron chi connectivity index (χ1n) is 6.07. The van der Waals surface area contributed by atoms with Crippen molar-refractivity contribution in [3.05, 3.63) is 34.3 Å². The molecule has 0 atom stereocenters. The summed E-state index contributed by atoms with van der Waals surface area (Å²) in [6.07, 6.45) is -2.41. The Morgan fingerprint density at radius 3 is 2.75 bits per heavy atom. The molecule has 1 aliphatic rings. The van der Waals surface area contributed by atoms with Crippen molar-refractivity contribution in [1.82, 2.24) is 14.6 Å². The lowest BCUT2D eigenvalue weighted by Gasteiger charge is -2.10. The number of aryl methyl sites for hydroxylation is 1. The van der Waals surface area contributed by atoms with Crippen molar-refractivity contribution >= 4 is 17.1 Å². The first-order valence-corrected chi connectivity index (χ1v) is 6.07. The van der Waals surface area contributed by atoms with E-state index < -0.39 is 18.0 Å². The zero-order valence-electron chi connectivity index (χ0n) is 10.9. The molecule has 104 valence electrons. The minimum absolute atomic E-state index is 0.137. The fourth-order valence-corrected chi connectivity index (χ4v) is 2.68. The van der Waals surface area contributed by atoms with Crippen LogP contribution in [0.5, 0.6) is 0 Å². The predicted molar refractivity (Wildman–Crippen MR) is 68.2 cm³/mol. The lowest BCUT2D eigenvalue weighted by molar-refractivity contribution is -0.112. The summed E-state index contributed by atoms with van der Waals surface area (Å²) < 4.78 is 28.0. The minimum atomic E-state index is -2.77. The van der Waals surface area contributed by atoms with Gasteiger partial charge >= 0.3 is 0 Å². The number of nitrogens with two attached hydrogens (primary N) is 1. The standard InChI is InChI=1S/C13H12F2N4O/c1-5-3-7-10(9(5)13(16)20)11(12(14)15)17-8-4-6(2)18-19(7)8/h4,12H,3H2,1-2H3,(H2,16,20). The number of primary amides is 1. The molecule has 7 heteroatoms. The number of alkyl halides is 2. The van der Waals surface area contributed by atoms with Gasteiger partial charge in [-0.1, -0.05) is 5.57 Å². The molecule has 0 saturated carbocycles. The van der Waals surface area contributed by atoms with E-state index in [1.807, 2.05) is 0 Å². The van der Waals surface area contributed by atoms with Crippen molar-refractivity contribution in [1.29, 1.82) is 0 Å². The Labute approximate surface area is 113 Å². The Bertz CT molecular complexity index is 776. The summed E-state index contributed by atoms with van der Waals surface area (Å²) in [5.74, 6) is -0.715. The van der Waals surface area contributed by atoms with Crippen LogP contribution in [-0.4, -0.2) is 20.5 Å². The molecule has 0 radical (unpaired) electrons. The second-order valence-electron chi connectivity index (χ2n) is 4.87. The molecule has 0 spiro atoms. The van der Waals surface area contributed by atoms with E-state index >= 15 is 0 Å². The summed E-state index contributed by atoms with van der Waals surface area (Å²) in [7, 11) is 0. The Balaban J connectivity index is 2.41. The molecule has 2 heterocycles. The maximum Gasteiger partial charge on any atom is 0.281 e. The summed E-state index contributed by atoms with van der Waals surface area (Å²) in [5.41, 5.74) is 7.44. The first kappa shape index (κ1) is 12.7. The quantitative estimate of drug-likeness (QED) is 0.910. The number of carbonyl (C=O) groups is 1. The van der Waals surface area contributed by atoms with Gasteiger partial charge in [0.1, 0.15) is 5.69 Å². The first-order chi connectivity index (χ1) is 9.40. The molecule has 0 saturated heterocycles. The van der Waals surface area contributed by atoms with Crippen molar-refractivity contribution in [2.45, 2.75) is 26.7 Å². The molecule has 5 nitrogen and oxygen atoms in total. The molecular formula is C13H12F2N4O. The van der Waals surface area contributed by atoms with Gasteiger partial charge < -0.3 is 5.73 Å². The Hall–Kier alpha value is -2.31. The van der Waals surface area contributed by atoms with Gasteiger partial charge in [-0.05, 0) is 13.8 Å². The van der Waals surface area contributed by atoms with Crippen molar-refractivity contribution in [3.63, 3.8) is 0 Å². The van der Waals surface area contributed by atoms with Gasteiger partial charge in [-0.25, -0.2) is 18.3 Å². The summed E-state index contributed by atoms with van der Waals surface area (Å²) in [5, 5.41) is 4.24. The van der Waals surface area contributed by atoms with E-state index in [1.165, 1.54) is 4.52 Å². The number of hydrogen-bond donors (Lipinski definition) is 1. The summed E-state index contributed by atoms with van der Waals surface area (Å²) in [6, 6.07) is 1.63. The number of amides is 1. The molecule has 2 aromatic rings. The number of nitrogens with zero attached hydrogens (tertiary/aromatic N) is 3. The lowest BCUT2D eigenvalue weighted by Crippen LogP contribution is -2.16. The summed E-state index contributed by atoms with van der Waals surface area (Å²) >= 11 is 0. The van der Waals surface area contributed by atoms with Gasteiger partial charge in [-0.15, -0.1) is 0 Å². The number of fused-ring (bicyclic) bond motifs is 3. The van der Waals surface area contributed by atoms with Crippen molar-refractivity contribution in [2.75, 3.05) is 0 Å². The van der Waals surface area contributed by atoms with E-state index in [1.54, 1.807) is 19.9 Å². The van der Waals surface area contributed by atoms with Crippen molar-refractivity contribution in [3.8, 4) is 0 Å². The number of carbonyl (C=O) groups excluding carboxylic acids is 1. The monoisotopic (exact) mass is 278 g/mol. The van der Waals surface area contributed by atoms with Crippen LogP contribution in [0.15, 0.2) is 11.6 Å². The fraction of sp³-hybridized carbons (Fsp3) is 0.308. The molecular weight excluding hydrogens is 266 g/mol. The van der Waals surface area contributed by atoms with E-state index in [4.69, 9.17) is 5.73 Å². The maximum absolute atomic E-state index is 13.3. The molecule has 0 aromatic carbocycles. The molecule has 0 fully saturated rings. The summed E-state index contributed by atoms with van der Waals surface area (Å²) in [6.45, 7) is 3.46. The van der Waals surface area contributed by atoms with Gasteiger partial charge in [0.15, 0.2) is 5.65 Å². The Morgan fingerprint density at radius 2 is 2.15 bits per heavy atom. The third kappa shape index (κ3) is 1.62. The SMILES string of the molecule is CC1=C(C(N)=O)c2c(C(F)F)nc3cc(C)nn3c2C1. The molecule has 20 heavy (non-hydrogen) atoms. The second-order valence-corrected chi connectivity index (χ2v) is 4.87. The number of rotatable bonds is 2. The zero-order chi connectivity index (χ0) is 14.6. The van der Waals surface area contributed by atoms with Crippen molar-refractivity contribution < 1.29 is 13.6 Å². The highest BCUT2D eigenvalue weighted by Crippen LogP contribution is 2.38. The van der Waals surface area contributed by atoms with Gasteiger partial charge in [-0.2, -0.15) is 5.10 Å². The molecule has 2 N–H and O–H groups in total. The second kappa shape index (κ2) is 4.09. The van der Waals surface area contributed by atoms with E-state index in [9.17, 15) is 13.6 Å². The maximum atomic E-state index is 13.3. The molecule has 0 unspecified atom stereocenters. The fourth-order valence-electron chi connectivity index (χ4n) is 2.68. The smallest absolute Gasteiger partial charge is 0.281 e. The van der Waals surface area contributed by atoms with E-state index in [0.29, 0.717) is 29.0 Å². The van der Waals surface area contributed by atoms with E-state index in [0.717, 1.165) is 0 Å². The van der Waals surface area contributed by atoms with Crippen LogP contribution in [0.3, 0.4) is 0 Å². The van der Waals surface area contributed by atoms with Crippen LogP contribution in [0.2, 0.25) is 0 Å². The normalized spacial score (nSPS) is 14.4. The highest BCUT2D eigenvalue weighted by Gasteiger charge is 2.32. The Kier molecular flexibility index (Phi) is 2.60. The van der Waals surface area contributed by atoms with Crippen LogP contribution < -0.4 is 5.73 Å². The number of hydrogen-bond acceptors (Lipinski definition) is 3. The highest BCUT2D eigenvalue weighted by atomic mass is 19.3. The highest BCUT2D eigenvalue weighted by molar-refractivity contribution is 6.21. The van der Waals surface area contributed by atoms with Crippen LogP contribution in [0.1, 0.15) is 36.0 Å². The van der Waals surface area contributed by atoms with Gasteiger partial charge in [0.05, 0.1) is 11.4 Å². The number of halogens is 2. The molecule has 3 rings (SSSR count). The van der Waals surface area contributed by atoms with Gasteiger partial charge in [-0.3, -0.25) is 4.79 Å². The molecule has 1 amide bonds. The zero-order valence-corrected chi connectivity index (χ0v) is 10.9. The molecule has 0 aliphatic heterocycles. The predicted octanol–water partition coefficient (Wildman–Crippen LogP) is 1.79. The Morgan fingerprint density at radius 1 is 1.45 bits per heavy atom. The van der Waals surface area contributed by atoms with Crippen LogP contribution in [0.25, 0.3) is 11.2 Å². The largest absolute Gasteiger partial charge is 0.366 e. The van der Waals surface area contributed by atoms with Crippen molar-refractivity contribution in [2.24, 2.45) is 5.73 Å². The number of aromatic nitrogens is 3. The van der Waals surface area contributed by atoms with Crippen LogP contribution >= 0.6 is 0 Å². The summed E-state index contributed by atoms with van der Waals surface area (Å²) in [4.78, 5) is 15.5. The third-order valence-corrected chi connectivity index (χ3v) is 3.41. The van der Waals surface area contributed by atoms with Gasteiger partial charge in [0.2, 0.25) is 5.91 Å². The lowest BCUT2D eigenvalue weighted by atomic mass is 10.1. The van der Waals surface area contributed by atoms with Crippen LogP contribution in [-0.2, 0) is 11.2 Å². The minimum Gasteiger partial charge on any atom is -0.366 e. The van der Waals surface area contributed by atoms with E-state index in [-0.39, 0.29) is 11.1 Å². The molecule has 0 bridgehead atoms.